The molecule has 11 nitrogen and oxygen atoms in total. The molecule has 11 heteroatoms. The Balaban J connectivity index is 2.25. The minimum atomic E-state index is -1.23. The van der Waals surface area contributed by atoms with E-state index in [9.17, 15) is 19.7 Å². The third-order valence-corrected chi connectivity index (χ3v) is 4.13. The van der Waals surface area contributed by atoms with E-state index in [-0.39, 0.29) is 28.9 Å². The van der Waals surface area contributed by atoms with Gasteiger partial charge < -0.3 is 10.6 Å². The number of nitrogens with zero attached hydrogens (tertiary/aromatic N) is 5. The monoisotopic (exact) mass is 391 g/mol. The second-order valence-electron chi connectivity index (χ2n) is 7.26. The number of hydrogen-bond donors (Lipinski definition) is 2. The zero-order valence-electron chi connectivity index (χ0n) is 16.6. The van der Waals surface area contributed by atoms with Gasteiger partial charge in [0.05, 0.1) is 10.6 Å². The van der Waals surface area contributed by atoms with Gasteiger partial charge in [0.25, 0.3) is 11.8 Å². The van der Waals surface area contributed by atoms with E-state index in [0.29, 0.717) is 13.1 Å². The Morgan fingerprint density at radius 2 is 2.00 bits per heavy atom. The Morgan fingerprint density at radius 1 is 1.32 bits per heavy atom. The smallest absolute Gasteiger partial charge is 0.307 e. The van der Waals surface area contributed by atoms with E-state index in [1.165, 1.54) is 10.9 Å². The van der Waals surface area contributed by atoms with E-state index in [0.717, 1.165) is 6.20 Å². The van der Waals surface area contributed by atoms with Gasteiger partial charge in [-0.15, -0.1) is 0 Å². The van der Waals surface area contributed by atoms with Gasteiger partial charge in [0.2, 0.25) is 0 Å². The number of rotatable bonds is 8. The molecule has 0 spiro atoms. The molecule has 152 valence electrons. The Morgan fingerprint density at radius 3 is 2.54 bits per heavy atom. The van der Waals surface area contributed by atoms with Gasteiger partial charge in [0.1, 0.15) is 17.9 Å². The van der Waals surface area contributed by atoms with Crippen LogP contribution in [0.2, 0.25) is 0 Å². The molecule has 0 fully saturated rings. The Hall–Kier alpha value is -3.24. The lowest BCUT2D eigenvalue weighted by Crippen LogP contribution is -2.41. The maximum absolute atomic E-state index is 12.8. The van der Waals surface area contributed by atoms with E-state index in [1.54, 1.807) is 24.7 Å². The summed E-state index contributed by atoms with van der Waals surface area (Å²) in [5.74, 6) is -0.604. The van der Waals surface area contributed by atoms with Crippen molar-refractivity contribution in [1.82, 2.24) is 24.9 Å². The highest BCUT2D eigenvalue weighted by atomic mass is 16.6. The second kappa shape index (κ2) is 8.19. The van der Waals surface area contributed by atoms with Crippen molar-refractivity contribution in [2.24, 2.45) is 5.92 Å². The van der Waals surface area contributed by atoms with Crippen molar-refractivity contribution in [3.8, 4) is 0 Å². The zero-order valence-corrected chi connectivity index (χ0v) is 16.6. The molecule has 2 aromatic rings. The molecule has 2 amide bonds. The van der Waals surface area contributed by atoms with Crippen LogP contribution in [-0.2, 0) is 16.9 Å². The van der Waals surface area contributed by atoms with Crippen LogP contribution in [0.1, 0.15) is 45.1 Å². The zero-order chi connectivity index (χ0) is 21.1. The van der Waals surface area contributed by atoms with E-state index < -0.39 is 16.4 Å². The molecule has 0 bridgehead atoms. The maximum Gasteiger partial charge on any atom is 0.307 e. The van der Waals surface area contributed by atoms with Crippen LogP contribution in [0.4, 0.5) is 11.4 Å². The van der Waals surface area contributed by atoms with Crippen LogP contribution in [0.25, 0.3) is 0 Å². The van der Waals surface area contributed by atoms with Crippen molar-refractivity contribution in [3.63, 3.8) is 0 Å². The molecular formula is C17H25N7O4. The van der Waals surface area contributed by atoms with Crippen LogP contribution in [0.5, 0.6) is 0 Å². The molecule has 2 heterocycles. The number of nitro groups is 1. The maximum atomic E-state index is 12.8. The summed E-state index contributed by atoms with van der Waals surface area (Å²) in [5, 5.41) is 24.5. The lowest BCUT2D eigenvalue weighted by molar-refractivity contribution is -0.385. The van der Waals surface area contributed by atoms with Crippen molar-refractivity contribution in [3.05, 3.63) is 34.4 Å². The molecule has 0 unspecified atom stereocenters. The van der Waals surface area contributed by atoms with Crippen LogP contribution >= 0.6 is 0 Å². The number of amides is 2. The molecule has 28 heavy (non-hydrogen) atoms. The molecule has 0 aliphatic rings. The van der Waals surface area contributed by atoms with Gasteiger partial charge >= 0.3 is 5.69 Å². The van der Waals surface area contributed by atoms with Crippen LogP contribution in [0, 0.1) is 16.0 Å². The van der Waals surface area contributed by atoms with Gasteiger partial charge in [-0.1, -0.05) is 13.8 Å². The fraction of sp³-hybridized carbons (Fsp3) is 0.529. The Labute approximate surface area is 162 Å². The number of carbonyl (C=O) groups is 2. The average Bonchev–Trinajstić information content (AvgIpc) is 3.27. The van der Waals surface area contributed by atoms with E-state index in [4.69, 9.17) is 0 Å². The summed E-state index contributed by atoms with van der Waals surface area (Å²) in [4.78, 5) is 35.6. The minimum absolute atomic E-state index is 0.109. The molecule has 2 N–H and O–H groups in total. The van der Waals surface area contributed by atoms with E-state index >= 15 is 0 Å². The van der Waals surface area contributed by atoms with E-state index in [2.05, 4.69) is 20.8 Å². The normalized spacial score (nSPS) is 11.5. The van der Waals surface area contributed by atoms with Gasteiger partial charge in [0.15, 0.2) is 5.69 Å². The molecule has 0 radical (unpaired) electrons. The molecule has 2 rings (SSSR count). The Bertz CT molecular complexity index is 882. The lowest BCUT2D eigenvalue weighted by Gasteiger charge is -2.23. The number of nitrogens with one attached hydrogen (secondary N) is 2. The average molecular weight is 391 g/mol. The highest BCUT2D eigenvalue weighted by Gasteiger charge is 2.33. The summed E-state index contributed by atoms with van der Waals surface area (Å²) in [5.41, 5.74) is -1.07. The largest absolute Gasteiger partial charge is 0.350 e. The second-order valence-corrected chi connectivity index (χ2v) is 7.26. The standard InChI is InChI=1S/C17H25N7O4/c1-6-22-10-13(14(21-22)15(25)18-7-11(2)3)20-16(26)17(4,5)23-9-12(8-19-23)24(27)28/h8-11H,6-7H2,1-5H3,(H,18,25)(H,20,26). The quantitative estimate of drug-likeness (QED) is 0.520. The van der Waals surface area contributed by atoms with Gasteiger partial charge in [-0.25, -0.2) is 0 Å². The summed E-state index contributed by atoms with van der Waals surface area (Å²) in [6.07, 6.45) is 3.84. The number of anilines is 1. The predicted octanol–water partition coefficient (Wildman–Crippen LogP) is 1.77. The minimum Gasteiger partial charge on any atom is -0.350 e. The first kappa shape index (κ1) is 21.1. The molecule has 0 atom stereocenters. The fourth-order valence-corrected chi connectivity index (χ4v) is 2.32. The van der Waals surface area contributed by atoms with Gasteiger partial charge in [-0.2, -0.15) is 10.2 Å². The van der Waals surface area contributed by atoms with Crippen molar-refractivity contribution < 1.29 is 14.5 Å². The Kier molecular flexibility index (Phi) is 6.16. The fourth-order valence-electron chi connectivity index (χ4n) is 2.32. The van der Waals surface area contributed by atoms with Crippen LogP contribution in [0.15, 0.2) is 18.6 Å². The van der Waals surface area contributed by atoms with Gasteiger partial charge in [-0.05, 0) is 26.7 Å². The molecule has 0 aliphatic heterocycles. The lowest BCUT2D eigenvalue weighted by atomic mass is 10.0. The van der Waals surface area contributed by atoms with Crippen molar-refractivity contribution in [1.29, 1.82) is 0 Å². The highest BCUT2D eigenvalue weighted by Crippen LogP contribution is 2.22. The van der Waals surface area contributed by atoms with Gasteiger partial charge in [-0.3, -0.25) is 29.1 Å². The van der Waals surface area contributed by atoms with Crippen LogP contribution < -0.4 is 10.6 Å². The molecular weight excluding hydrogens is 366 g/mol. The summed E-state index contributed by atoms with van der Waals surface area (Å²) in [6, 6.07) is 0. The molecule has 2 aromatic heterocycles. The third kappa shape index (κ3) is 4.53. The SMILES string of the molecule is CCn1cc(NC(=O)C(C)(C)n2cc([N+](=O)[O-])cn2)c(C(=O)NCC(C)C)n1. The summed E-state index contributed by atoms with van der Waals surface area (Å²) in [7, 11) is 0. The third-order valence-electron chi connectivity index (χ3n) is 4.13. The topological polar surface area (TPSA) is 137 Å². The van der Waals surface area contributed by atoms with E-state index in [1.807, 2.05) is 20.8 Å². The first-order valence-corrected chi connectivity index (χ1v) is 8.92. The number of hydrogen-bond acceptors (Lipinski definition) is 6. The number of aryl methyl sites for hydroxylation is 1. The first-order valence-electron chi connectivity index (χ1n) is 8.92. The predicted molar refractivity (Wildman–Crippen MR) is 102 cm³/mol. The van der Waals surface area contributed by atoms with Gasteiger partial charge in [0, 0.05) is 19.3 Å². The molecule has 0 aliphatic carbocycles. The summed E-state index contributed by atoms with van der Waals surface area (Å²) >= 11 is 0. The number of aromatic nitrogens is 4. The summed E-state index contributed by atoms with van der Waals surface area (Å²) in [6.45, 7) is 9.95. The van der Waals surface area contributed by atoms with Crippen molar-refractivity contribution in [2.45, 2.75) is 46.7 Å². The van der Waals surface area contributed by atoms with Crippen LogP contribution in [-0.4, -0.2) is 42.8 Å². The number of carbonyl (C=O) groups excluding carboxylic acids is 2. The molecule has 0 saturated carbocycles. The summed E-state index contributed by atoms with van der Waals surface area (Å²) < 4.78 is 2.76. The molecule has 0 saturated heterocycles. The van der Waals surface area contributed by atoms with Crippen molar-refractivity contribution >= 4 is 23.2 Å². The molecule has 0 aromatic carbocycles. The highest BCUT2D eigenvalue weighted by molar-refractivity contribution is 6.03. The van der Waals surface area contributed by atoms with Crippen molar-refractivity contribution in [2.75, 3.05) is 11.9 Å². The van der Waals surface area contributed by atoms with Crippen LogP contribution in [0.3, 0.4) is 0 Å². The first-order chi connectivity index (χ1) is 13.1.